The van der Waals surface area contributed by atoms with Crippen molar-refractivity contribution < 1.29 is 17.7 Å². The van der Waals surface area contributed by atoms with Gasteiger partial charge in [-0.3, -0.25) is 4.18 Å². The van der Waals surface area contributed by atoms with Gasteiger partial charge in [-0.2, -0.15) is 8.42 Å². The Hall–Kier alpha value is -1.69. The van der Waals surface area contributed by atoms with Crippen LogP contribution in [-0.2, 0) is 27.1 Å². The van der Waals surface area contributed by atoms with Crippen molar-refractivity contribution in [3.05, 3.63) is 70.8 Å². The number of aliphatic hydroxyl groups is 1. The van der Waals surface area contributed by atoms with E-state index in [1.54, 1.807) is 0 Å². The molecule has 1 N–H and O–H groups in total. The molecule has 4 rings (SSSR count). The van der Waals surface area contributed by atoms with Gasteiger partial charge < -0.3 is 5.11 Å². The molecule has 0 radical (unpaired) electrons. The first-order valence-electron chi connectivity index (χ1n) is 9.66. The van der Waals surface area contributed by atoms with E-state index < -0.39 is 22.3 Å². The molecule has 2 aromatic carbocycles. The lowest BCUT2D eigenvalue weighted by atomic mass is 9.70. The third-order valence-electron chi connectivity index (χ3n) is 6.02. The van der Waals surface area contributed by atoms with Crippen LogP contribution < -0.4 is 0 Å². The van der Waals surface area contributed by atoms with Crippen molar-refractivity contribution in [2.75, 3.05) is 6.26 Å². The maximum atomic E-state index is 11.6. The minimum atomic E-state index is -3.60. The second-order valence-electron chi connectivity index (χ2n) is 7.80. The van der Waals surface area contributed by atoms with Gasteiger partial charge in [0.15, 0.2) is 0 Å². The first-order chi connectivity index (χ1) is 12.9. The predicted molar refractivity (Wildman–Crippen MR) is 105 cm³/mol. The predicted octanol–water partition coefficient (Wildman–Crippen LogP) is 3.42. The Labute approximate surface area is 161 Å². The summed E-state index contributed by atoms with van der Waals surface area (Å²) < 4.78 is 28.5. The van der Waals surface area contributed by atoms with Crippen LogP contribution in [0.15, 0.2) is 48.5 Å². The molecule has 0 aromatic heterocycles. The fourth-order valence-electron chi connectivity index (χ4n) is 4.89. The van der Waals surface area contributed by atoms with Crippen LogP contribution in [0.2, 0.25) is 0 Å². The lowest BCUT2D eigenvalue weighted by molar-refractivity contribution is -0.0328. The van der Waals surface area contributed by atoms with Crippen molar-refractivity contribution in [3.63, 3.8) is 0 Å². The van der Waals surface area contributed by atoms with Gasteiger partial charge in [-0.25, -0.2) is 0 Å². The molecule has 0 spiro atoms. The molecule has 2 aliphatic carbocycles. The van der Waals surface area contributed by atoms with Crippen LogP contribution >= 0.6 is 0 Å². The van der Waals surface area contributed by atoms with Crippen LogP contribution in [0.25, 0.3) is 0 Å². The molecular formula is C22H26O4S. The molecule has 27 heavy (non-hydrogen) atoms. The van der Waals surface area contributed by atoms with E-state index in [-0.39, 0.29) is 11.8 Å². The smallest absolute Gasteiger partial charge is 0.264 e. The summed E-state index contributed by atoms with van der Waals surface area (Å²) in [5, 5.41) is 11.1. The third-order valence-corrected chi connectivity index (χ3v) is 6.61. The van der Waals surface area contributed by atoms with Gasteiger partial charge in [-0.15, -0.1) is 0 Å². The summed E-state index contributed by atoms with van der Waals surface area (Å²) in [6.45, 7) is 0. The number of fused-ring (bicyclic) bond motifs is 2. The number of rotatable bonds is 3. The number of aryl methyl sites for hydroxylation is 2. The zero-order chi connectivity index (χ0) is 19.0. The van der Waals surface area contributed by atoms with Crippen LogP contribution in [0.1, 0.15) is 47.4 Å². The van der Waals surface area contributed by atoms with Crippen LogP contribution in [-0.4, -0.2) is 32.0 Å². The summed E-state index contributed by atoms with van der Waals surface area (Å²) in [4.78, 5) is 0. The van der Waals surface area contributed by atoms with Gasteiger partial charge in [-0.05, 0) is 53.9 Å². The summed E-state index contributed by atoms with van der Waals surface area (Å²) in [6, 6.07) is 16.9. The Morgan fingerprint density at radius 1 is 0.926 bits per heavy atom. The summed E-state index contributed by atoms with van der Waals surface area (Å²) in [6.07, 6.45) is 3.83. The Bertz CT molecular complexity index is 874. The molecule has 144 valence electrons. The number of hydrogen-bond donors (Lipinski definition) is 1. The van der Waals surface area contributed by atoms with E-state index in [9.17, 15) is 13.5 Å². The van der Waals surface area contributed by atoms with Gasteiger partial charge in [0.1, 0.15) is 6.10 Å². The van der Waals surface area contributed by atoms with Gasteiger partial charge in [-0.1, -0.05) is 55.0 Å². The quantitative estimate of drug-likeness (QED) is 0.821. The maximum Gasteiger partial charge on any atom is 0.264 e. The average Bonchev–Trinajstić information content (AvgIpc) is 2.80. The lowest BCUT2D eigenvalue weighted by Crippen LogP contribution is -2.43. The third kappa shape index (κ3) is 3.82. The van der Waals surface area contributed by atoms with Gasteiger partial charge in [0.2, 0.25) is 0 Å². The fraction of sp³-hybridized carbons (Fsp3) is 0.455. The summed E-state index contributed by atoms with van der Waals surface area (Å²) >= 11 is 0. The van der Waals surface area contributed by atoms with Crippen molar-refractivity contribution >= 4 is 10.1 Å². The standard InChI is InChI=1S/C22H26O4S/c1-27(24,25)26-20-12-6-11-19(22(20)23)21-17-9-4-2-7-15(17)13-14-16-8-3-5-10-18(16)21/h2-5,7-10,19-23H,6,11-14H2,1H3. The SMILES string of the molecule is CS(=O)(=O)OC1CCCC(C2c3ccccc3CCc3ccccc32)C1O. The molecule has 2 aromatic rings. The summed E-state index contributed by atoms with van der Waals surface area (Å²) in [7, 11) is -3.60. The number of hydrogen-bond acceptors (Lipinski definition) is 4. The van der Waals surface area contributed by atoms with E-state index in [2.05, 4.69) is 48.5 Å². The zero-order valence-electron chi connectivity index (χ0n) is 15.5. The van der Waals surface area contributed by atoms with E-state index in [0.717, 1.165) is 31.9 Å². The molecule has 0 aliphatic heterocycles. The van der Waals surface area contributed by atoms with Gasteiger partial charge in [0.05, 0.1) is 12.4 Å². The highest BCUT2D eigenvalue weighted by Crippen LogP contribution is 2.45. The van der Waals surface area contributed by atoms with Crippen LogP contribution in [0.5, 0.6) is 0 Å². The van der Waals surface area contributed by atoms with E-state index >= 15 is 0 Å². The minimum absolute atomic E-state index is 0.0564. The molecule has 4 nitrogen and oxygen atoms in total. The maximum absolute atomic E-state index is 11.6. The Morgan fingerprint density at radius 2 is 1.48 bits per heavy atom. The molecule has 0 bridgehead atoms. The minimum Gasteiger partial charge on any atom is -0.390 e. The molecule has 0 heterocycles. The molecule has 0 saturated heterocycles. The van der Waals surface area contributed by atoms with Crippen molar-refractivity contribution in [2.45, 2.75) is 50.2 Å². The highest BCUT2D eigenvalue weighted by molar-refractivity contribution is 7.86. The molecule has 1 fully saturated rings. The van der Waals surface area contributed by atoms with E-state index in [0.29, 0.717) is 6.42 Å². The van der Waals surface area contributed by atoms with Crippen molar-refractivity contribution in [2.24, 2.45) is 5.92 Å². The Balaban J connectivity index is 1.78. The highest BCUT2D eigenvalue weighted by Gasteiger charge is 2.41. The molecular weight excluding hydrogens is 360 g/mol. The first kappa shape index (κ1) is 18.7. The average molecular weight is 387 g/mol. The molecule has 2 aliphatic rings. The summed E-state index contributed by atoms with van der Waals surface area (Å²) in [5.74, 6) is -0.00763. The zero-order valence-corrected chi connectivity index (χ0v) is 16.4. The van der Waals surface area contributed by atoms with Crippen LogP contribution in [0.4, 0.5) is 0 Å². The molecule has 3 unspecified atom stereocenters. The molecule has 1 saturated carbocycles. The van der Waals surface area contributed by atoms with Crippen LogP contribution in [0.3, 0.4) is 0 Å². The van der Waals surface area contributed by atoms with E-state index in [4.69, 9.17) is 4.18 Å². The number of aliphatic hydroxyl groups excluding tert-OH is 1. The highest BCUT2D eigenvalue weighted by atomic mass is 32.2. The van der Waals surface area contributed by atoms with Gasteiger partial charge in [0, 0.05) is 5.92 Å². The topological polar surface area (TPSA) is 63.6 Å². The molecule has 3 atom stereocenters. The lowest BCUT2D eigenvalue weighted by Gasteiger charge is -2.39. The summed E-state index contributed by atoms with van der Waals surface area (Å²) in [5.41, 5.74) is 5.15. The van der Waals surface area contributed by atoms with Crippen molar-refractivity contribution in [1.29, 1.82) is 0 Å². The van der Waals surface area contributed by atoms with Crippen molar-refractivity contribution in [1.82, 2.24) is 0 Å². The van der Waals surface area contributed by atoms with Gasteiger partial charge >= 0.3 is 0 Å². The second kappa shape index (κ2) is 7.38. The largest absolute Gasteiger partial charge is 0.390 e. The monoisotopic (exact) mass is 386 g/mol. The normalized spacial score (nSPS) is 26.1. The first-order valence-corrected chi connectivity index (χ1v) is 11.5. The van der Waals surface area contributed by atoms with Crippen molar-refractivity contribution in [3.8, 4) is 0 Å². The van der Waals surface area contributed by atoms with Crippen LogP contribution in [0, 0.1) is 5.92 Å². The Kier molecular flexibility index (Phi) is 5.10. The molecule has 5 heteroatoms. The van der Waals surface area contributed by atoms with Gasteiger partial charge in [0.25, 0.3) is 10.1 Å². The second-order valence-corrected chi connectivity index (χ2v) is 9.40. The Morgan fingerprint density at radius 3 is 2.04 bits per heavy atom. The number of benzene rings is 2. The fourth-order valence-corrected chi connectivity index (χ4v) is 5.55. The van der Waals surface area contributed by atoms with E-state index in [1.165, 1.54) is 22.3 Å². The molecule has 0 amide bonds. The van der Waals surface area contributed by atoms with E-state index in [1.807, 2.05) is 0 Å².